The van der Waals surface area contributed by atoms with Crippen molar-refractivity contribution >= 4 is 23.0 Å². The molecule has 0 radical (unpaired) electrons. The van der Waals surface area contributed by atoms with E-state index in [2.05, 4.69) is 20.8 Å². The van der Waals surface area contributed by atoms with Gasteiger partial charge in [-0.15, -0.1) is 0 Å². The van der Waals surface area contributed by atoms with E-state index in [4.69, 9.17) is 9.47 Å². The molecule has 0 N–H and O–H groups in total. The minimum absolute atomic E-state index is 0. The summed E-state index contributed by atoms with van der Waals surface area (Å²) in [6.07, 6.45) is 9.63. The Morgan fingerprint density at radius 3 is 1.73 bits per heavy atom. The molecule has 3 unspecified atom stereocenters. The number of unbranched alkanes of at least 4 members (excludes halogenated alkanes) is 3. The first-order valence-corrected chi connectivity index (χ1v) is 12.4. The van der Waals surface area contributed by atoms with E-state index in [-0.39, 0.29) is 54.6 Å². The molecular formula is C22H41NaO6S. The van der Waals surface area contributed by atoms with Gasteiger partial charge in [-0.05, 0) is 42.2 Å². The summed E-state index contributed by atoms with van der Waals surface area (Å²) in [5.74, 6) is -1.03. The molecule has 0 heterocycles. The smallest absolute Gasteiger partial charge is 0.772 e. The average molecular weight is 457 g/mol. The first kappa shape index (κ1) is 32.2. The van der Waals surface area contributed by atoms with Crippen molar-refractivity contribution in [3.8, 4) is 0 Å². The molecule has 6 nitrogen and oxygen atoms in total. The topological polar surface area (TPSA) is 92.7 Å². The van der Waals surface area contributed by atoms with Gasteiger partial charge in [-0.1, -0.05) is 72.6 Å². The predicted octanol–water partition coefficient (Wildman–Crippen LogP) is 1.93. The SMILES string of the molecule is CCCCC(CC)COC(=O)CC(C(=O)OCC(CCCC)CCCC)S(=O)[O-].[Na+]. The van der Waals surface area contributed by atoms with Crippen LogP contribution in [0.5, 0.6) is 0 Å². The van der Waals surface area contributed by atoms with Gasteiger partial charge in [0.25, 0.3) is 0 Å². The molecule has 0 rings (SSSR count). The van der Waals surface area contributed by atoms with Gasteiger partial charge in [-0.3, -0.25) is 13.8 Å². The average Bonchev–Trinajstić information content (AvgIpc) is 2.71. The van der Waals surface area contributed by atoms with Crippen molar-refractivity contribution in [2.75, 3.05) is 13.2 Å². The molecule has 172 valence electrons. The van der Waals surface area contributed by atoms with Crippen molar-refractivity contribution in [3.05, 3.63) is 0 Å². The van der Waals surface area contributed by atoms with E-state index >= 15 is 0 Å². The number of rotatable bonds is 18. The van der Waals surface area contributed by atoms with Crippen molar-refractivity contribution in [2.45, 2.75) is 104 Å². The Labute approximate surface area is 208 Å². The second-order valence-electron chi connectivity index (χ2n) is 7.83. The van der Waals surface area contributed by atoms with Crippen molar-refractivity contribution in [1.82, 2.24) is 0 Å². The molecule has 8 heteroatoms. The molecule has 0 bridgehead atoms. The van der Waals surface area contributed by atoms with Crippen LogP contribution >= 0.6 is 0 Å². The first-order chi connectivity index (χ1) is 13.9. The molecule has 3 atom stereocenters. The largest absolute Gasteiger partial charge is 1.00 e. The van der Waals surface area contributed by atoms with Crippen molar-refractivity contribution in [1.29, 1.82) is 0 Å². The third-order valence-electron chi connectivity index (χ3n) is 5.26. The Bertz CT molecular complexity index is 467. The van der Waals surface area contributed by atoms with Gasteiger partial charge in [0.1, 0.15) is 5.25 Å². The summed E-state index contributed by atoms with van der Waals surface area (Å²) in [5, 5.41) is -1.50. The zero-order chi connectivity index (χ0) is 22.1. The fourth-order valence-corrected chi connectivity index (χ4v) is 3.64. The van der Waals surface area contributed by atoms with Gasteiger partial charge in [0.15, 0.2) is 0 Å². The molecule has 30 heavy (non-hydrogen) atoms. The number of carbonyl (C=O) groups is 2. The van der Waals surface area contributed by atoms with E-state index in [0.717, 1.165) is 64.2 Å². The summed E-state index contributed by atoms with van der Waals surface area (Å²) < 4.78 is 33.5. The summed E-state index contributed by atoms with van der Waals surface area (Å²) in [4.78, 5) is 24.4. The summed E-state index contributed by atoms with van der Waals surface area (Å²) in [5.41, 5.74) is 0. The predicted molar refractivity (Wildman–Crippen MR) is 115 cm³/mol. The molecule has 0 aliphatic rings. The van der Waals surface area contributed by atoms with Crippen LogP contribution in [-0.4, -0.2) is 39.2 Å². The van der Waals surface area contributed by atoms with E-state index in [1.54, 1.807) is 0 Å². The van der Waals surface area contributed by atoms with E-state index in [1.165, 1.54) is 0 Å². The standard InChI is InChI=1S/C22H42O6S.Na/c1-5-9-12-18(8-4)16-27-21(23)15-20(29(25)26)22(24)28-17-19(13-10-6-2)14-11-7-3;/h18-20H,5-17H2,1-4H3,(H,25,26);/q;+1/p-1. The molecule has 0 amide bonds. The van der Waals surface area contributed by atoms with Crippen LogP contribution in [-0.2, 0) is 30.1 Å². The molecule has 0 aliphatic carbocycles. The molecule has 0 saturated heterocycles. The van der Waals surface area contributed by atoms with Gasteiger partial charge in [-0.25, -0.2) is 0 Å². The van der Waals surface area contributed by atoms with E-state index in [0.29, 0.717) is 0 Å². The molecule has 0 aromatic rings. The third-order valence-corrected chi connectivity index (χ3v) is 6.09. The quantitative estimate of drug-likeness (QED) is 0.178. The normalized spacial score (nSPS) is 13.9. The first-order valence-electron chi connectivity index (χ1n) is 11.3. The Kier molecular flexibility index (Phi) is 22.5. The van der Waals surface area contributed by atoms with Gasteiger partial charge < -0.3 is 14.0 Å². The van der Waals surface area contributed by atoms with Gasteiger partial charge in [0.2, 0.25) is 0 Å². The fourth-order valence-electron chi connectivity index (χ4n) is 3.14. The summed E-state index contributed by atoms with van der Waals surface area (Å²) in [6.45, 7) is 8.82. The van der Waals surface area contributed by atoms with Crippen LogP contribution in [0, 0.1) is 11.8 Å². The minimum Gasteiger partial charge on any atom is -0.772 e. The summed E-state index contributed by atoms with van der Waals surface area (Å²) in [6, 6.07) is 0. The van der Waals surface area contributed by atoms with Crippen LogP contribution in [0.15, 0.2) is 0 Å². The maximum Gasteiger partial charge on any atom is 1.00 e. The second-order valence-corrected chi connectivity index (χ2v) is 8.92. The van der Waals surface area contributed by atoms with Crippen LogP contribution in [0.2, 0.25) is 0 Å². The molecule has 0 fully saturated rings. The number of hydrogen-bond donors (Lipinski definition) is 0. The second kappa shape index (κ2) is 20.9. The zero-order valence-electron chi connectivity index (χ0n) is 19.8. The number of ether oxygens (including phenoxy) is 2. The minimum atomic E-state index is -2.73. The molecular weight excluding hydrogens is 415 g/mol. The number of carbonyl (C=O) groups excluding carboxylic acids is 2. The summed E-state index contributed by atoms with van der Waals surface area (Å²) in [7, 11) is 0. The van der Waals surface area contributed by atoms with Gasteiger partial charge >= 0.3 is 41.5 Å². The van der Waals surface area contributed by atoms with Crippen LogP contribution < -0.4 is 29.6 Å². The van der Waals surface area contributed by atoms with E-state index < -0.39 is 34.7 Å². The maximum atomic E-state index is 12.3. The Morgan fingerprint density at radius 2 is 1.30 bits per heavy atom. The Balaban J connectivity index is 0. The monoisotopic (exact) mass is 456 g/mol. The van der Waals surface area contributed by atoms with Crippen LogP contribution in [0.25, 0.3) is 0 Å². The Hall–Kier alpha value is 0.0500. The molecule has 0 spiro atoms. The van der Waals surface area contributed by atoms with Crippen LogP contribution in [0.4, 0.5) is 0 Å². The van der Waals surface area contributed by atoms with E-state index in [9.17, 15) is 18.4 Å². The molecule has 0 saturated carbocycles. The Morgan fingerprint density at radius 1 is 0.833 bits per heavy atom. The van der Waals surface area contributed by atoms with Gasteiger partial charge in [0.05, 0.1) is 19.6 Å². The van der Waals surface area contributed by atoms with Gasteiger partial charge in [0, 0.05) is 0 Å². The van der Waals surface area contributed by atoms with Gasteiger partial charge in [-0.2, -0.15) is 0 Å². The number of esters is 2. The van der Waals surface area contributed by atoms with Crippen molar-refractivity contribution in [3.63, 3.8) is 0 Å². The molecule has 0 aliphatic heterocycles. The third kappa shape index (κ3) is 15.8. The van der Waals surface area contributed by atoms with E-state index in [1.807, 2.05) is 6.92 Å². The maximum absolute atomic E-state index is 12.3. The van der Waals surface area contributed by atoms with Crippen molar-refractivity contribution < 1.29 is 57.4 Å². The number of hydrogen-bond acceptors (Lipinski definition) is 6. The summed E-state index contributed by atoms with van der Waals surface area (Å²) >= 11 is -2.73. The van der Waals surface area contributed by atoms with Crippen LogP contribution in [0.1, 0.15) is 98.3 Å². The molecule has 0 aromatic heterocycles. The zero-order valence-corrected chi connectivity index (χ0v) is 22.6. The fraction of sp³-hybridized carbons (Fsp3) is 0.909. The van der Waals surface area contributed by atoms with Crippen molar-refractivity contribution in [2.24, 2.45) is 11.8 Å². The molecule has 0 aromatic carbocycles. The van der Waals surface area contributed by atoms with Crippen LogP contribution in [0.3, 0.4) is 0 Å².